The Balaban J connectivity index is 2.64. The third-order valence-electron chi connectivity index (χ3n) is 3.13. The van der Waals surface area contributed by atoms with Gasteiger partial charge in [-0.15, -0.1) is 0 Å². The summed E-state index contributed by atoms with van der Waals surface area (Å²) in [6, 6.07) is 5.77. The minimum absolute atomic E-state index is 0.125. The van der Waals surface area contributed by atoms with Crippen LogP contribution in [0, 0.1) is 5.92 Å². The topological polar surface area (TPSA) is 53.1 Å². The Hall–Kier alpha value is -1.26. The van der Waals surface area contributed by atoms with Gasteiger partial charge in [0.1, 0.15) is 0 Å². The molecule has 0 aliphatic heterocycles. The molecule has 0 bridgehead atoms. The zero-order valence-corrected chi connectivity index (χ0v) is 11.6. The van der Waals surface area contributed by atoms with Crippen LogP contribution in [0.15, 0.2) is 18.2 Å². The van der Waals surface area contributed by atoms with E-state index in [1.54, 1.807) is 7.11 Å². The summed E-state index contributed by atoms with van der Waals surface area (Å²) < 4.78 is 7.26. The van der Waals surface area contributed by atoms with Gasteiger partial charge in [-0.25, -0.2) is 4.98 Å². The largest absolute Gasteiger partial charge is 0.383 e. The van der Waals surface area contributed by atoms with Gasteiger partial charge in [-0.3, -0.25) is 0 Å². The number of rotatable bonds is 4. The first-order chi connectivity index (χ1) is 8.56. The maximum atomic E-state index is 6.27. The SMILES string of the molecule is COCC(C(C)C)n1c(N)nc2cccc(Cl)c21. The number of nitrogens with zero attached hydrogens (tertiary/aromatic N) is 2. The molecule has 98 valence electrons. The van der Waals surface area contributed by atoms with Gasteiger partial charge in [-0.2, -0.15) is 0 Å². The summed E-state index contributed by atoms with van der Waals surface area (Å²) in [4.78, 5) is 4.36. The summed E-state index contributed by atoms with van der Waals surface area (Å²) in [5, 5.41) is 0.665. The molecule has 1 heterocycles. The minimum Gasteiger partial charge on any atom is -0.383 e. The Bertz CT molecular complexity index is 550. The van der Waals surface area contributed by atoms with Crippen LogP contribution < -0.4 is 5.73 Å². The zero-order valence-electron chi connectivity index (χ0n) is 10.9. The molecule has 0 amide bonds. The van der Waals surface area contributed by atoms with Gasteiger partial charge >= 0.3 is 0 Å². The molecular weight excluding hydrogens is 250 g/mol. The first kappa shape index (κ1) is 13.2. The van der Waals surface area contributed by atoms with E-state index in [0.717, 1.165) is 11.0 Å². The van der Waals surface area contributed by atoms with Crippen LogP contribution in [0.2, 0.25) is 5.02 Å². The number of anilines is 1. The number of nitrogen functional groups attached to an aromatic ring is 1. The van der Waals surface area contributed by atoms with E-state index in [-0.39, 0.29) is 6.04 Å². The molecule has 5 heteroatoms. The first-order valence-electron chi connectivity index (χ1n) is 5.97. The number of imidazole rings is 1. The molecule has 0 saturated carbocycles. The summed E-state index contributed by atoms with van der Waals surface area (Å²) in [5.74, 6) is 0.856. The van der Waals surface area contributed by atoms with Crippen molar-refractivity contribution < 1.29 is 4.74 Å². The quantitative estimate of drug-likeness (QED) is 0.926. The van der Waals surface area contributed by atoms with E-state index in [0.29, 0.717) is 23.5 Å². The van der Waals surface area contributed by atoms with Crippen LogP contribution in [0.4, 0.5) is 5.95 Å². The first-order valence-corrected chi connectivity index (χ1v) is 6.35. The van der Waals surface area contributed by atoms with Crippen molar-refractivity contribution in [2.75, 3.05) is 19.5 Å². The number of hydrogen-bond donors (Lipinski definition) is 1. The predicted molar refractivity (Wildman–Crippen MR) is 74.9 cm³/mol. The molecule has 18 heavy (non-hydrogen) atoms. The molecular formula is C13H18ClN3O. The number of nitrogens with two attached hydrogens (primary N) is 1. The Morgan fingerprint density at radius 3 is 2.78 bits per heavy atom. The highest BCUT2D eigenvalue weighted by molar-refractivity contribution is 6.35. The van der Waals surface area contributed by atoms with Crippen molar-refractivity contribution >= 4 is 28.6 Å². The van der Waals surface area contributed by atoms with Crippen LogP contribution in [0.1, 0.15) is 19.9 Å². The molecule has 1 aromatic heterocycles. The summed E-state index contributed by atoms with van der Waals surface area (Å²) in [5.41, 5.74) is 7.73. The Labute approximate surface area is 112 Å². The highest BCUT2D eigenvalue weighted by atomic mass is 35.5. The summed E-state index contributed by atoms with van der Waals surface area (Å²) >= 11 is 6.27. The monoisotopic (exact) mass is 267 g/mol. The maximum absolute atomic E-state index is 6.27. The van der Waals surface area contributed by atoms with Crippen LogP contribution in [0.3, 0.4) is 0 Å². The van der Waals surface area contributed by atoms with Crippen molar-refractivity contribution in [2.45, 2.75) is 19.9 Å². The number of halogens is 1. The fourth-order valence-corrected chi connectivity index (χ4v) is 2.46. The summed E-state index contributed by atoms with van der Waals surface area (Å²) in [7, 11) is 1.69. The minimum atomic E-state index is 0.125. The second-order valence-electron chi connectivity index (χ2n) is 4.71. The number of para-hydroxylation sites is 1. The molecule has 2 aromatic rings. The van der Waals surface area contributed by atoms with Crippen molar-refractivity contribution in [3.05, 3.63) is 23.2 Å². The predicted octanol–water partition coefficient (Wildman–Crippen LogP) is 3.12. The fraction of sp³-hybridized carbons (Fsp3) is 0.462. The van der Waals surface area contributed by atoms with Crippen molar-refractivity contribution in [3.8, 4) is 0 Å². The van der Waals surface area contributed by atoms with Gasteiger partial charge < -0.3 is 15.0 Å². The van der Waals surface area contributed by atoms with Crippen LogP contribution in [-0.2, 0) is 4.74 Å². The zero-order chi connectivity index (χ0) is 13.3. The van der Waals surface area contributed by atoms with E-state index >= 15 is 0 Å². The molecule has 0 aliphatic rings. The van der Waals surface area contributed by atoms with Crippen molar-refractivity contribution in [2.24, 2.45) is 5.92 Å². The van der Waals surface area contributed by atoms with Crippen molar-refractivity contribution in [3.63, 3.8) is 0 Å². The van der Waals surface area contributed by atoms with Crippen LogP contribution in [0.25, 0.3) is 11.0 Å². The van der Waals surface area contributed by atoms with Gasteiger partial charge in [0.2, 0.25) is 5.95 Å². The van der Waals surface area contributed by atoms with Crippen LogP contribution >= 0.6 is 11.6 Å². The molecule has 0 aliphatic carbocycles. The lowest BCUT2D eigenvalue weighted by Gasteiger charge is -2.23. The van der Waals surface area contributed by atoms with Gasteiger partial charge in [0.25, 0.3) is 0 Å². The van der Waals surface area contributed by atoms with E-state index in [1.807, 2.05) is 22.8 Å². The standard InChI is InChI=1S/C13H18ClN3O/c1-8(2)11(7-18-3)17-12-9(14)5-4-6-10(12)16-13(17)15/h4-6,8,11H,7H2,1-3H3,(H2,15,16). The summed E-state index contributed by atoms with van der Waals surface area (Å²) in [6.07, 6.45) is 0. The molecule has 0 fully saturated rings. The Morgan fingerprint density at radius 2 is 2.17 bits per heavy atom. The van der Waals surface area contributed by atoms with Crippen LogP contribution in [0.5, 0.6) is 0 Å². The molecule has 1 aromatic carbocycles. The average Bonchev–Trinajstić information content (AvgIpc) is 2.63. The third-order valence-corrected chi connectivity index (χ3v) is 3.43. The second-order valence-corrected chi connectivity index (χ2v) is 5.12. The number of fused-ring (bicyclic) bond motifs is 1. The van der Waals surface area contributed by atoms with E-state index in [9.17, 15) is 0 Å². The van der Waals surface area contributed by atoms with Crippen molar-refractivity contribution in [1.29, 1.82) is 0 Å². The highest BCUT2D eigenvalue weighted by Gasteiger charge is 2.22. The van der Waals surface area contributed by atoms with Crippen molar-refractivity contribution in [1.82, 2.24) is 9.55 Å². The van der Waals surface area contributed by atoms with E-state index in [2.05, 4.69) is 18.8 Å². The highest BCUT2D eigenvalue weighted by Crippen LogP contribution is 2.31. The number of methoxy groups -OCH3 is 1. The van der Waals surface area contributed by atoms with E-state index in [4.69, 9.17) is 22.1 Å². The van der Waals surface area contributed by atoms with Gasteiger partial charge in [-0.1, -0.05) is 31.5 Å². The molecule has 1 atom stereocenters. The molecule has 0 saturated heterocycles. The van der Waals surface area contributed by atoms with Gasteiger partial charge in [-0.05, 0) is 18.1 Å². The summed E-state index contributed by atoms with van der Waals surface area (Å²) in [6.45, 7) is 4.84. The molecule has 4 nitrogen and oxygen atoms in total. The lowest BCUT2D eigenvalue weighted by molar-refractivity contribution is 0.136. The van der Waals surface area contributed by atoms with Gasteiger partial charge in [0, 0.05) is 7.11 Å². The normalized spacial score (nSPS) is 13.4. The average molecular weight is 268 g/mol. The van der Waals surface area contributed by atoms with E-state index < -0.39 is 0 Å². The lowest BCUT2D eigenvalue weighted by atomic mass is 10.0. The molecule has 1 unspecified atom stereocenters. The van der Waals surface area contributed by atoms with Crippen LogP contribution in [-0.4, -0.2) is 23.3 Å². The number of ether oxygens (including phenoxy) is 1. The molecule has 0 spiro atoms. The second kappa shape index (κ2) is 5.16. The molecule has 2 N–H and O–H groups in total. The Kier molecular flexibility index (Phi) is 3.78. The lowest BCUT2D eigenvalue weighted by Crippen LogP contribution is -2.21. The molecule has 0 radical (unpaired) electrons. The number of aromatic nitrogens is 2. The molecule has 2 rings (SSSR count). The number of hydrogen-bond acceptors (Lipinski definition) is 3. The van der Waals surface area contributed by atoms with Gasteiger partial charge in [0.05, 0.1) is 28.7 Å². The van der Waals surface area contributed by atoms with Gasteiger partial charge in [0.15, 0.2) is 0 Å². The number of benzene rings is 1. The fourth-order valence-electron chi connectivity index (χ4n) is 2.20. The Morgan fingerprint density at radius 1 is 1.44 bits per heavy atom. The maximum Gasteiger partial charge on any atom is 0.201 e. The third kappa shape index (κ3) is 2.18. The smallest absolute Gasteiger partial charge is 0.201 e. The van der Waals surface area contributed by atoms with E-state index in [1.165, 1.54) is 0 Å².